The summed E-state index contributed by atoms with van der Waals surface area (Å²) in [4.78, 5) is 8.23. The highest BCUT2D eigenvalue weighted by Crippen LogP contribution is 2.34. The molecule has 3 heterocycles. The van der Waals surface area contributed by atoms with E-state index in [0.29, 0.717) is 29.0 Å². The molecule has 0 saturated carbocycles. The van der Waals surface area contributed by atoms with Crippen molar-refractivity contribution in [2.24, 2.45) is 0 Å². The van der Waals surface area contributed by atoms with Crippen molar-refractivity contribution in [2.45, 2.75) is 17.4 Å². The van der Waals surface area contributed by atoms with Gasteiger partial charge in [-0.2, -0.15) is 15.1 Å². The lowest BCUT2D eigenvalue weighted by atomic mass is 9.99. The summed E-state index contributed by atoms with van der Waals surface area (Å²) >= 11 is 3.06. The maximum Gasteiger partial charge on any atom is 0.264 e. The topological polar surface area (TPSA) is 130 Å². The molecule has 0 saturated heterocycles. The van der Waals surface area contributed by atoms with E-state index in [9.17, 15) is 12.8 Å². The van der Waals surface area contributed by atoms with E-state index in [1.165, 1.54) is 16.4 Å². The number of halogens is 2. The number of para-hydroxylation sites is 1. The van der Waals surface area contributed by atoms with E-state index in [4.69, 9.17) is 5.73 Å². The fourth-order valence-electron chi connectivity index (χ4n) is 3.80. The van der Waals surface area contributed by atoms with Crippen molar-refractivity contribution in [3.05, 3.63) is 64.5 Å². The molecular weight excluding hydrogens is 501 g/mol. The van der Waals surface area contributed by atoms with Gasteiger partial charge in [-0.05, 0) is 52.2 Å². The molecule has 12 heteroatoms. The van der Waals surface area contributed by atoms with Crippen molar-refractivity contribution in [3.63, 3.8) is 0 Å². The van der Waals surface area contributed by atoms with Gasteiger partial charge in [0.15, 0.2) is 5.65 Å². The summed E-state index contributed by atoms with van der Waals surface area (Å²) in [5.41, 5.74) is 7.68. The number of fused-ring (bicyclic) bond motifs is 2. The standard InChI is InChI=1S/C20H17BrFN7O2S/c21-15-6-5-13(8-16(15)22)32(30,31)29-10-12(7-11-3-1-2-4-17(11)29)25-18-14-9-24-28-19(14)27-20(23)26-18/h1-6,8-9,12H,7,10H2,(H4,23,24,25,26,27,28). The molecule has 4 N–H and O–H groups in total. The summed E-state index contributed by atoms with van der Waals surface area (Å²) in [5.74, 6) is -0.127. The number of aromatic nitrogens is 4. The fraction of sp³-hybridized carbons (Fsp3) is 0.150. The molecule has 2 aromatic carbocycles. The molecule has 1 aliphatic rings. The van der Waals surface area contributed by atoms with Crippen LogP contribution in [-0.2, 0) is 16.4 Å². The SMILES string of the molecule is Nc1nc(NC2Cc3ccccc3N(S(=O)(=O)c3ccc(Br)c(F)c3)C2)c2cn[nH]c2n1. The Kier molecular flexibility index (Phi) is 4.97. The third kappa shape index (κ3) is 3.54. The molecule has 164 valence electrons. The van der Waals surface area contributed by atoms with Crippen molar-refractivity contribution in [1.29, 1.82) is 0 Å². The second-order valence-corrected chi connectivity index (χ2v) is 10.1. The maximum atomic E-state index is 14.1. The largest absolute Gasteiger partial charge is 0.368 e. The predicted octanol–water partition coefficient (Wildman–Crippen LogP) is 3.07. The summed E-state index contributed by atoms with van der Waals surface area (Å²) in [6.07, 6.45) is 2.13. The molecule has 0 amide bonds. The van der Waals surface area contributed by atoms with Crippen LogP contribution in [0.15, 0.2) is 58.0 Å². The van der Waals surface area contributed by atoms with Crippen LogP contribution in [0.3, 0.4) is 0 Å². The third-order valence-electron chi connectivity index (χ3n) is 5.26. The molecule has 1 aliphatic heterocycles. The van der Waals surface area contributed by atoms with Gasteiger partial charge in [0.25, 0.3) is 10.0 Å². The normalized spacial score (nSPS) is 16.2. The van der Waals surface area contributed by atoms with Crippen molar-refractivity contribution in [1.82, 2.24) is 20.2 Å². The number of nitrogens with zero attached hydrogens (tertiary/aromatic N) is 4. The lowest BCUT2D eigenvalue weighted by Gasteiger charge is -2.35. The van der Waals surface area contributed by atoms with Gasteiger partial charge < -0.3 is 11.1 Å². The number of hydrogen-bond acceptors (Lipinski definition) is 7. The van der Waals surface area contributed by atoms with Crippen LogP contribution in [0.2, 0.25) is 0 Å². The Morgan fingerprint density at radius 3 is 2.84 bits per heavy atom. The van der Waals surface area contributed by atoms with Crippen molar-refractivity contribution >= 4 is 54.4 Å². The smallest absolute Gasteiger partial charge is 0.264 e. The van der Waals surface area contributed by atoms with E-state index in [1.807, 2.05) is 12.1 Å². The average Bonchev–Trinajstić information content (AvgIpc) is 3.23. The van der Waals surface area contributed by atoms with Crippen LogP contribution < -0.4 is 15.4 Å². The minimum Gasteiger partial charge on any atom is -0.368 e. The Morgan fingerprint density at radius 2 is 2.03 bits per heavy atom. The quantitative estimate of drug-likeness (QED) is 0.379. The van der Waals surface area contributed by atoms with E-state index < -0.39 is 15.8 Å². The Labute approximate surface area is 191 Å². The Bertz CT molecular complexity index is 1440. The number of sulfonamides is 1. The van der Waals surface area contributed by atoms with Gasteiger partial charge in [-0.25, -0.2) is 12.8 Å². The zero-order valence-corrected chi connectivity index (χ0v) is 18.9. The fourth-order valence-corrected chi connectivity index (χ4v) is 5.61. The highest BCUT2D eigenvalue weighted by atomic mass is 79.9. The minimum atomic E-state index is -4.02. The zero-order valence-electron chi connectivity index (χ0n) is 16.5. The minimum absolute atomic E-state index is 0.0651. The number of nitrogens with one attached hydrogen (secondary N) is 2. The second-order valence-electron chi connectivity index (χ2n) is 7.35. The highest BCUT2D eigenvalue weighted by Gasteiger charge is 2.34. The van der Waals surface area contributed by atoms with Crippen LogP contribution >= 0.6 is 15.9 Å². The van der Waals surface area contributed by atoms with Gasteiger partial charge in [0.1, 0.15) is 11.6 Å². The maximum absolute atomic E-state index is 14.1. The van der Waals surface area contributed by atoms with Crippen LogP contribution in [0.1, 0.15) is 5.56 Å². The molecule has 9 nitrogen and oxygen atoms in total. The number of nitrogen functional groups attached to an aromatic ring is 1. The van der Waals surface area contributed by atoms with E-state index >= 15 is 0 Å². The number of nitrogens with two attached hydrogens (primary N) is 1. The van der Waals surface area contributed by atoms with E-state index in [-0.39, 0.29) is 27.9 Å². The zero-order chi connectivity index (χ0) is 22.5. The first-order chi connectivity index (χ1) is 15.3. The van der Waals surface area contributed by atoms with E-state index in [2.05, 4.69) is 41.4 Å². The molecule has 1 atom stereocenters. The summed E-state index contributed by atoms with van der Waals surface area (Å²) in [7, 11) is -4.02. The van der Waals surface area contributed by atoms with Crippen LogP contribution in [0.25, 0.3) is 11.0 Å². The lowest BCUT2D eigenvalue weighted by molar-refractivity contribution is 0.576. The van der Waals surface area contributed by atoms with Gasteiger partial charge in [0, 0.05) is 0 Å². The number of anilines is 3. The van der Waals surface area contributed by atoms with Gasteiger partial charge in [0.05, 0.1) is 39.2 Å². The second kappa shape index (κ2) is 7.71. The highest BCUT2D eigenvalue weighted by molar-refractivity contribution is 9.10. The molecule has 4 aromatic rings. The Balaban J connectivity index is 1.54. The molecule has 0 bridgehead atoms. The number of benzene rings is 2. The van der Waals surface area contributed by atoms with Gasteiger partial charge >= 0.3 is 0 Å². The van der Waals surface area contributed by atoms with Crippen molar-refractivity contribution in [2.75, 3.05) is 21.9 Å². The first-order valence-corrected chi connectivity index (χ1v) is 11.8. The first-order valence-electron chi connectivity index (χ1n) is 9.62. The Morgan fingerprint density at radius 1 is 1.22 bits per heavy atom. The van der Waals surface area contributed by atoms with Crippen molar-refractivity contribution < 1.29 is 12.8 Å². The molecule has 2 aromatic heterocycles. The molecular formula is C20H17BrFN7O2S. The van der Waals surface area contributed by atoms with Gasteiger partial charge in [-0.15, -0.1) is 0 Å². The van der Waals surface area contributed by atoms with Crippen LogP contribution in [0.4, 0.5) is 21.8 Å². The first kappa shape index (κ1) is 20.6. The van der Waals surface area contributed by atoms with Gasteiger partial charge in [0.2, 0.25) is 5.95 Å². The lowest BCUT2D eigenvalue weighted by Crippen LogP contribution is -2.45. The molecule has 0 radical (unpaired) electrons. The van der Waals surface area contributed by atoms with Gasteiger partial charge in [-0.3, -0.25) is 9.40 Å². The number of aromatic amines is 1. The van der Waals surface area contributed by atoms with E-state index in [0.717, 1.165) is 11.6 Å². The average molecular weight is 518 g/mol. The van der Waals surface area contributed by atoms with Crippen LogP contribution in [0.5, 0.6) is 0 Å². The summed E-state index contributed by atoms with van der Waals surface area (Å²) in [5, 5.41) is 10.7. The predicted molar refractivity (Wildman–Crippen MR) is 122 cm³/mol. The van der Waals surface area contributed by atoms with Crippen molar-refractivity contribution in [3.8, 4) is 0 Å². The summed E-state index contributed by atoms with van der Waals surface area (Å²) < 4.78 is 42.6. The number of rotatable bonds is 4. The number of H-pyrrole nitrogens is 1. The van der Waals surface area contributed by atoms with Crippen LogP contribution in [0, 0.1) is 5.82 Å². The third-order valence-corrected chi connectivity index (χ3v) is 7.68. The van der Waals surface area contributed by atoms with Gasteiger partial charge in [-0.1, -0.05) is 18.2 Å². The molecule has 0 aliphatic carbocycles. The monoisotopic (exact) mass is 517 g/mol. The molecule has 32 heavy (non-hydrogen) atoms. The van der Waals surface area contributed by atoms with Crippen LogP contribution in [-0.4, -0.2) is 41.2 Å². The molecule has 0 fully saturated rings. The molecule has 0 spiro atoms. The van der Waals surface area contributed by atoms with E-state index in [1.54, 1.807) is 18.3 Å². The summed E-state index contributed by atoms with van der Waals surface area (Å²) in [6.45, 7) is 0.111. The Hall–Kier alpha value is -3.25. The molecule has 1 unspecified atom stereocenters. The summed E-state index contributed by atoms with van der Waals surface area (Å²) in [6, 6.07) is 10.7. The number of hydrogen-bond donors (Lipinski definition) is 3. The molecule has 5 rings (SSSR count).